The van der Waals surface area contributed by atoms with Crippen LogP contribution in [0.15, 0.2) is 46.9 Å². The number of imide groups is 2. The Morgan fingerprint density at radius 3 is 2.47 bits per heavy atom. The van der Waals surface area contributed by atoms with Gasteiger partial charge in [-0.15, -0.1) is 0 Å². The van der Waals surface area contributed by atoms with E-state index in [1.165, 1.54) is 5.56 Å². The molecule has 3 atom stereocenters. The zero-order valence-corrected chi connectivity index (χ0v) is 18.6. The highest BCUT2D eigenvalue weighted by atomic mass is 79.9. The maximum atomic E-state index is 13.0. The van der Waals surface area contributed by atoms with Crippen molar-refractivity contribution in [1.29, 1.82) is 0 Å². The van der Waals surface area contributed by atoms with Crippen LogP contribution in [0, 0.1) is 0 Å². The monoisotopic (exact) mass is 496 g/mol. The number of carbonyl (C=O) groups is 4. The first-order valence-electron chi connectivity index (χ1n) is 10.5. The smallest absolute Gasteiger partial charge is 0.262 e. The molecular formula is C23H21BrN4O4. The molecule has 2 aromatic rings. The molecule has 3 unspecified atom stereocenters. The van der Waals surface area contributed by atoms with Gasteiger partial charge in [0.2, 0.25) is 11.8 Å². The summed E-state index contributed by atoms with van der Waals surface area (Å²) in [5.41, 5.74) is 2.52. The van der Waals surface area contributed by atoms with E-state index in [1.807, 2.05) is 12.1 Å². The van der Waals surface area contributed by atoms with E-state index in [0.29, 0.717) is 0 Å². The van der Waals surface area contributed by atoms with Crippen molar-refractivity contribution >= 4 is 45.2 Å². The number of nitrogens with zero attached hydrogens (tertiary/aromatic N) is 1. The first-order chi connectivity index (χ1) is 15.4. The number of piperidine rings is 1. The Labute approximate surface area is 192 Å². The molecule has 0 radical (unpaired) electrons. The molecule has 2 saturated heterocycles. The van der Waals surface area contributed by atoms with Crippen LogP contribution in [-0.2, 0) is 9.59 Å². The molecule has 0 saturated carbocycles. The SMILES string of the molecule is O=C1CCC(N2C(=O)c3ccc(NC4CNC(c5ccc(Br)cc5)C4)cc3C2=O)C(=O)N1. The summed E-state index contributed by atoms with van der Waals surface area (Å²) in [6.45, 7) is 0.771. The molecule has 3 heterocycles. The quantitative estimate of drug-likeness (QED) is 0.560. The Balaban J connectivity index is 1.29. The van der Waals surface area contributed by atoms with E-state index in [4.69, 9.17) is 0 Å². The number of benzene rings is 2. The second-order valence-electron chi connectivity index (χ2n) is 8.30. The first kappa shape index (κ1) is 20.8. The molecule has 0 aromatic heterocycles. The minimum atomic E-state index is -0.956. The van der Waals surface area contributed by atoms with Crippen molar-refractivity contribution in [3.05, 3.63) is 63.6 Å². The molecule has 3 N–H and O–H groups in total. The number of amides is 4. The molecular weight excluding hydrogens is 476 g/mol. The number of rotatable bonds is 4. The van der Waals surface area contributed by atoms with Crippen molar-refractivity contribution < 1.29 is 19.2 Å². The van der Waals surface area contributed by atoms with E-state index in [1.54, 1.807) is 18.2 Å². The number of anilines is 1. The highest BCUT2D eigenvalue weighted by molar-refractivity contribution is 9.10. The van der Waals surface area contributed by atoms with Gasteiger partial charge in [-0.1, -0.05) is 28.1 Å². The van der Waals surface area contributed by atoms with Crippen molar-refractivity contribution in [1.82, 2.24) is 15.5 Å². The van der Waals surface area contributed by atoms with Gasteiger partial charge in [0, 0.05) is 35.2 Å². The van der Waals surface area contributed by atoms with Crippen molar-refractivity contribution in [2.24, 2.45) is 0 Å². The second-order valence-corrected chi connectivity index (χ2v) is 9.21. The Kier molecular flexibility index (Phi) is 5.30. The average molecular weight is 497 g/mol. The van der Waals surface area contributed by atoms with Crippen molar-refractivity contribution in [3.8, 4) is 0 Å². The van der Waals surface area contributed by atoms with Crippen LogP contribution in [-0.4, -0.2) is 47.2 Å². The largest absolute Gasteiger partial charge is 0.381 e. The lowest BCUT2D eigenvalue weighted by Gasteiger charge is -2.27. The molecule has 5 rings (SSSR count). The topological polar surface area (TPSA) is 108 Å². The fourth-order valence-corrected chi connectivity index (χ4v) is 4.86. The van der Waals surface area contributed by atoms with Crippen LogP contribution < -0.4 is 16.0 Å². The first-order valence-corrected chi connectivity index (χ1v) is 11.3. The van der Waals surface area contributed by atoms with Crippen LogP contribution in [0.4, 0.5) is 5.69 Å². The Hall–Kier alpha value is -3.04. The van der Waals surface area contributed by atoms with E-state index in [2.05, 4.69) is 44.0 Å². The minimum Gasteiger partial charge on any atom is -0.381 e. The average Bonchev–Trinajstić information content (AvgIpc) is 3.32. The summed E-state index contributed by atoms with van der Waals surface area (Å²) in [5.74, 6) is -1.99. The van der Waals surface area contributed by atoms with Gasteiger partial charge in [-0.2, -0.15) is 0 Å². The maximum absolute atomic E-state index is 13.0. The predicted octanol–water partition coefficient (Wildman–Crippen LogP) is 2.37. The molecule has 2 fully saturated rings. The van der Waals surface area contributed by atoms with Crippen LogP contribution in [0.1, 0.15) is 51.6 Å². The molecule has 0 aliphatic carbocycles. The van der Waals surface area contributed by atoms with Gasteiger partial charge >= 0.3 is 0 Å². The molecule has 2 aromatic carbocycles. The molecule has 8 nitrogen and oxygen atoms in total. The molecule has 9 heteroatoms. The van der Waals surface area contributed by atoms with Gasteiger partial charge in [0.05, 0.1) is 11.1 Å². The van der Waals surface area contributed by atoms with E-state index >= 15 is 0 Å². The summed E-state index contributed by atoms with van der Waals surface area (Å²) in [4.78, 5) is 50.4. The van der Waals surface area contributed by atoms with Crippen LogP contribution >= 0.6 is 15.9 Å². The standard InChI is InChI=1S/C23H21BrN4O4/c24-13-3-1-12(2-4-13)18-10-15(11-25-18)26-14-5-6-16-17(9-14)23(32)28(22(16)31)19-7-8-20(29)27-21(19)30/h1-6,9,15,18-19,25-26H,7-8,10-11H2,(H,27,29,30). The molecule has 32 heavy (non-hydrogen) atoms. The molecule has 0 bridgehead atoms. The number of halogens is 1. The van der Waals surface area contributed by atoms with Gasteiger partial charge in [0.15, 0.2) is 0 Å². The Bertz CT molecular complexity index is 1130. The third-order valence-electron chi connectivity index (χ3n) is 6.21. The van der Waals surface area contributed by atoms with Crippen molar-refractivity contribution in [2.45, 2.75) is 37.4 Å². The van der Waals surface area contributed by atoms with Crippen LogP contribution in [0.25, 0.3) is 0 Å². The van der Waals surface area contributed by atoms with Gasteiger partial charge in [-0.05, 0) is 48.7 Å². The Morgan fingerprint density at radius 1 is 0.969 bits per heavy atom. The molecule has 3 aliphatic rings. The van der Waals surface area contributed by atoms with Gasteiger partial charge in [0.1, 0.15) is 6.04 Å². The normalized spacial score (nSPS) is 25.2. The summed E-state index contributed by atoms with van der Waals surface area (Å²) in [7, 11) is 0. The third kappa shape index (κ3) is 3.71. The number of carbonyl (C=O) groups excluding carboxylic acids is 4. The highest BCUT2D eigenvalue weighted by Gasteiger charge is 2.44. The minimum absolute atomic E-state index is 0.102. The molecule has 3 aliphatic heterocycles. The lowest BCUT2D eigenvalue weighted by Crippen LogP contribution is -2.54. The summed E-state index contributed by atoms with van der Waals surface area (Å²) < 4.78 is 1.04. The number of fused-ring (bicyclic) bond motifs is 1. The number of nitrogens with one attached hydrogen (secondary N) is 3. The van der Waals surface area contributed by atoms with E-state index in [0.717, 1.165) is 28.0 Å². The van der Waals surface area contributed by atoms with Crippen molar-refractivity contribution in [3.63, 3.8) is 0 Å². The molecule has 0 spiro atoms. The van der Waals surface area contributed by atoms with Crippen LogP contribution in [0.5, 0.6) is 0 Å². The fourth-order valence-electron chi connectivity index (χ4n) is 4.59. The number of hydrogen-bond donors (Lipinski definition) is 3. The third-order valence-corrected chi connectivity index (χ3v) is 6.74. The zero-order valence-electron chi connectivity index (χ0n) is 17.1. The van der Waals surface area contributed by atoms with Crippen molar-refractivity contribution in [2.75, 3.05) is 11.9 Å². The fraction of sp³-hybridized carbons (Fsp3) is 0.304. The van der Waals surface area contributed by atoms with Gasteiger partial charge in [-0.25, -0.2) is 0 Å². The van der Waals surface area contributed by atoms with Gasteiger partial charge in [0.25, 0.3) is 11.8 Å². The van der Waals surface area contributed by atoms with Crippen LogP contribution in [0.3, 0.4) is 0 Å². The number of hydrogen-bond acceptors (Lipinski definition) is 6. The lowest BCUT2D eigenvalue weighted by molar-refractivity contribution is -0.136. The Morgan fingerprint density at radius 2 is 1.72 bits per heavy atom. The molecule has 4 amide bonds. The van der Waals surface area contributed by atoms with E-state index in [-0.39, 0.29) is 42.0 Å². The predicted molar refractivity (Wildman–Crippen MR) is 120 cm³/mol. The van der Waals surface area contributed by atoms with Gasteiger partial charge in [-0.3, -0.25) is 29.4 Å². The summed E-state index contributed by atoms with van der Waals surface area (Å²) >= 11 is 3.45. The second kappa shape index (κ2) is 8.14. The van der Waals surface area contributed by atoms with Crippen LogP contribution in [0.2, 0.25) is 0 Å². The van der Waals surface area contributed by atoms with Gasteiger partial charge < -0.3 is 10.6 Å². The summed E-state index contributed by atoms with van der Waals surface area (Å²) in [5, 5.41) is 9.17. The molecule has 164 valence electrons. The lowest BCUT2D eigenvalue weighted by atomic mass is 10.0. The summed E-state index contributed by atoms with van der Waals surface area (Å²) in [6, 6.07) is 12.8. The maximum Gasteiger partial charge on any atom is 0.262 e. The van der Waals surface area contributed by atoms with E-state index in [9.17, 15) is 19.2 Å². The zero-order chi connectivity index (χ0) is 22.4. The van der Waals surface area contributed by atoms with E-state index < -0.39 is 23.8 Å². The highest BCUT2D eigenvalue weighted by Crippen LogP contribution is 2.31. The summed E-state index contributed by atoms with van der Waals surface area (Å²) in [6.07, 6.45) is 1.13.